The van der Waals surface area contributed by atoms with Crippen molar-refractivity contribution in [3.8, 4) is 0 Å². The van der Waals surface area contributed by atoms with Crippen molar-refractivity contribution < 1.29 is 10.0 Å². The molecule has 0 aliphatic heterocycles. The molecule has 30 heavy (non-hydrogen) atoms. The van der Waals surface area contributed by atoms with Crippen LogP contribution in [0.15, 0.2) is 66.9 Å². The molecule has 7 nitrogen and oxygen atoms in total. The summed E-state index contributed by atoms with van der Waals surface area (Å²) in [6.07, 6.45) is 2.31. The van der Waals surface area contributed by atoms with Gasteiger partial charge < -0.3 is 4.90 Å². The van der Waals surface area contributed by atoms with Crippen LogP contribution in [0.4, 0.5) is 11.5 Å². The topological polar surface area (TPSA) is 91.2 Å². The molecule has 2 N–H and O–H groups in total. The second-order valence-electron chi connectivity index (χ2n) is 7.01. The lowest BCUT2D eigenvalue weighted by Gasteiger charge is -2.21. The summed E-state index contributed by atoms with van der Waals surface area (Å²) >= 11 is 0. The Morgan fingerprint density at radius 3 is 2.63 bits per heavy atom. The Morgan fingerprint density at radius 2 is 1.87 bits per heavy atom. The Labute approximate surface area is 174 Å². The van der Waals surface area contributed by atoms with Gasteiger partial charge in [0.2, 0.25) is 0 Å². The molecule has 0 fully saturated rings. The van der Waals surface area contributed by atoms with E-state index in [-0.39, 0.29) is 5.69 Å². The monoisotopic (exact) mass is 399 g/mol. The van der Waals surface area contributed by atoms with Crippen molar-refractivity contribution in [3.63, 3.8) is 0 Å². The molecule has 0 saturated heterocycles. The maximum Gasteiger partial charge on any atom is 0.293 e. The van der Waals surface area contributed by atoms with Crippen LogP contribution in [0, 0.1) is 6.92 Å². The number of aromatic nitrogens is 3. The molecule has 0 spiro atoms. The van der Waals surface area contributed by atoms with E-state index in [9.17, 15) is 4.79 Å². The molecule has 0 bridgehead atoms. The van der Waals surface area contributed by atoms with Crippen molar-refractivity contribution in [1.82, 2.24) is 20.4 Å². The molecule has 2 aromatic carbocycles. The van der Waals surface area contributed by atoms with Crippen molar-refractivity contribution in [2.75, 3.05) is 11.9 Å². The van der Waals surface area contributed by atoms with Gasteiger partial charge >= 0.3 is 0 Å². The number of anilines is 2. The van der Waals surface area contributed by atoms with Crippen LogP contribution in [0.5, 0.6) is 0 Å². The number of nitrogens with zero attached hydrogens (tertiary/aromatic N) is 4. The highest BCUT2D eigenvalue weighted by atomic mass is 16.5. The summed E-state index contributed by atoms with van der Waals surface area (Å²) in [5.74, 6) is 0.957. The smallest absolute Gasteiger partial charge is 0.293 e. The number of fused-ring (bicyclic) bond motifs is 1. The van der Waals surface area contributed by atoms with Crippen LogP contribution < -0.4 is 10.4 Å². The summed E-state index contributed by atoms with van der Waals surface area (Å²) in [4.78, 5) is 26.8. The number of hydrogen-bond donors (Lipinski definition) is 2. The van der Waals surface area contributed by atoms with Crippen molar-refractivity contribution in [2.24, 2.45) is 0 Å². The van der Waals surface area contributed by atoms with Crippen LogP contribution in [-0.2, 0) is 6.42 Å². The Balaban J connectivity index is 1.62. The van der Waals surface area contributed by atoms with Crippen LogP contribution in [-0.4, -0.2) is 33.1 Å². The summed E-state index contributed by atoms with van der Waals surface area (Å²) in [6, 6.07) is 19.6. The standard InChI is InChI=1S/C23H21N5O2/c1-15-25-20-9-4-3-8-19(20)22(26-15)28(2)18-7-5-6-16(13-18)12-17-10-11-21(24-14-17)23(29)27-30/h3-11,13-14,30H,12H2,1-2H3,(H,27,29). The van der Waals surface area contributed by atoms with E-state index >= 15 is 0 Å². The van der Waals surface area contributed by atoms with Gasteiger partial charge in [0.15, 0.2) is 0 Å². The zero-order valence-electron chi connectivity index (χ0n) is 16.7. The number of nitrogens with one attached hydrogen (secondary N) is 1. The van der Waals surface area contributed by atoms with Gasteiger partial charge in [-0.1, -0.05) is 30.3 Å². The third-order valence-electron chi connectivity index (χ3n) is 4.88. The van der Waals surface area contributed by atoms with Gasteiger partial charge in [-0.05, 0) is 54.8 Å². The fourth-order valence-corrected chi connectivity index (χ4v) is 3.38. The number of hydroxylamine groups is 1. The summed E-state index contributed by atoms with van der Waals surface area (Å²) in [7, 11) is 2.00. The lowest BCUT2D eigenvalue weighted by molar-refractivity contribution is 0.0700. The van der Waals surface area contributed by atoms with Gasteiger partial charge in [0.25, 0.3) is 5.91 Å². The first-order valence-corrected chi connectivity index (χ1v) is 9.50. The van der Waals surface area contributed by atoms with E-state index in [1.807, 2.05) is 56.4 Å². The number of pyridine rings is 1. The number of benzene rings is 2. The van der Waals surface area contributed by atoms with Crippen LogP contribution in [0.1, 0.15) is 27.4 Å². The van der Waals surface area contributed by atoms with E-state index in [0.29, 0.717) is 6.42 Å². The van der Waals surface area contributed by atoms with Gasteiger partial charge in [0.1, 0.15) is 17.3 Å². The molecule has 0 aliphatic carbocycles. The predicted octanol–water partition coefficient (Wildman–Crippen LogP) is 3.81. The molecule has 4 aromatic rings. The lowest BCUT2D eigenvalue weighted by Crippen LogP contribution is -2.19. The fourth-order valence-electron chi connectivity index (χ4n) is 3.38. The minimum Gasteiger partial charge on any atom is -0.329 e. The maximum absolute atomic E-state index is 11.4. The molecule has 0 radical (unpaired) electrons. The number of carbonyl (C=O) groups excluding carboxylic acids is 1. The summed E-state index contributed by atoms with van der Waals surface area (Å²) < 4.78 is 0. The zero-order chi connectivity index (χ0) is 21.1. The van der Waals surface area contributed by atoms with E-state index in [4.69, 9.17) is 5.21 Å². The van der Waals surface area contributed by atoms with Gasteiger partial charge in [-0.3, -0.25) is 15.0 Å². The highest BCUT2D eigenvalue weighted by Gasteiger charge is 2.12. The largest absolute Gasteiger partial charge is 0.329 e. The molecule has 4 rings (SSSR count). The number of carbonyl (C=O) groups is 1. The van der Waals surface area contributed by atoms with E-state index in [2.05, 4.69) is 32.0 Å². The molecule has 2 heterocycles. The highest BCUT2D eigenvalue weighted by Crippen LogP contribution is 2.29. The highest BCUT2D eigenvalue weighted by molar-refractivity contribution is 5.92. The first-order valence-electron chi connectivity index (χ1n) is 9.50. The summed E-state index contributed by atoms with van der Waals surface area (Å²) in [5, 5.41) is 9.70. The number of rotatable bonds is 5. The second kappa shape index (κ2) is 8.26. The van der Waals surface area contributed by atoms with E-state index in [1.165, 1.54) is 0 Å². The maximum atomic E-state index is 11.4. The van der Waals surface area contributed by atoms with Crippen LogP contribution in [0.2, 0.25) is 0 Å². The molecule has 2 aromatic heterocycles. The number of para-hydroxylation sites is 1. The van der Waals surface area contributed by atoms with Gasteiger partial charge in [0, 0.05) is 24.3 Å². The third-order valence-corrected chi connectivity index (χ3v) is 4.88. The van der Waals surface area contributed by atoms with E-state index < -0.39 is 5.91 Å². The van der Waals surface area contributed by atoms with Gasteiger partial charge in [-0.2, -0.15) is 0 Å². The Kier molecular flexibility index (Phi) is 5.36. The van der Waals surface area contributed by atoms with Crippen LogP contribution in [0.25, 0.3) is 10.9 Å². The average molecular weight is 399 g/mol. The number of hydrogen-bond acceptors (Lipinski definition) is 6. The summed E-state index contributed by atoms with van der Waals surface area (Å²) in [6.45, 7) is 1.90. The van der Waals surface area contributed by atoms with E-state index in [1.54, 1.807) is 17.7 Å². The van der Waals surface area contributed by atoms with Gasteiger partial charge in [-0.15, -0.1) is 0 Å². The van der Waals surface area contributed by atoms with Crippen molar-refractivity contribution in [1.29, 1.82) is 0 Å². The van der Waals surface area contributed by atoms with Crippen molar-refractivity contribution >= 4 is 28.3 Å². The minimum absolute atomic E-state index is 0.167. The van der Waals surface area contributed by atoms with Crippen molar-refractivity contribution in [2.45, 2.75) is 13.3 Å². The van der Waals surface area contributed by atoms with Crippen LogP contribution >= 0.6 is 0 Å². The Hall–Kier alpha value is -3.84. The van der Waals surface area contributed by atoms with Crippen LogP contribution in [0.3, 0.4) is 0 Å². The third kappa shape index (κ3) is 3.97. The first-order chi connectivity index (χ1) is 14.5. The number of aryl methyl sites for hydroxylation is 1. The molecule has 0 aliphatic rings. The molecule has 0 saturated carbocycles. The predicted molar refractivity (Wildman–Crippen MR) is 115 cm³/mol. The quantitative estimate of drug-likeness (QED) is 0.392. The van der Waals surface area contributed by atoms with Gasteiger partial charge in [-0.25, -0.2) is 15.4 Å². The molecule has 1 amide bonds. The minimum atomic E-state index is -0.627. The molecular formula is C23H21N5O2. The SMILES string of the molecule is Cc1nc(N(C)c2cccc(Cc3ccc(C(=O)NO)nc3)c2)c2ccccc2n1. The zero-order valence-corrected chi connectivity index (χ0v) is 16.7. The molecule has 0 atom stereocenters. The normalized spacial score (nSPS) is 10.8. The second-order valence-corrected chi connectivity index (χ2v) is 7.01. The Bertz CT molecular complexity index is 1210. The average Bonchev–Trinajstić information content (AvgIpc) is 2.78. The molecular weight excluding hydrogens is 378 g/mol. The molecule has 7 heteroatoms. The Morgan fingerprint density at radius 1 is 1.03 bits per heavy atom. The first kappa shape index (κ1) is 19.5. The van der Waals surface area contributed by atoms with Gasteiger partial charge in [0.05, 0.1) is 5.52 Å². The lowest BCUT2D eigenvalue weighted by atomic mass is 10.1. The van der Waals surface area contributed by atoms with Crippen molar-refractivity contribution in [3.05, 3.63) is 89.5 Å². The summed E-state index contributed by atoms with van der Waals surface area (Å²) in [5.41, 5.74) is 5.76. The van der Waals surface area contributed by atoms with E-state index in [0.717, 1.165) is 39.4 Å². The number of amides is 1. The fraction of sp³-hybridized carbons (Fsp3) is 0.130. The molecule has 0 unspecified atom stereocenters. The molecule has 150 valence electrons.